The van der Waals surface area contributed by atoms with Gasteiger partial charge in [-0.2, -0.15) is 0 Å². The molecule has 2 N–H and O–H groups in total. The Hall–Kier alpha value is -2.97. The SMILES string of the molecule is C=C1[C@@H]2[C@H]1N(c1ncnc3c1[C@H](C)CC(=O)N3)CCN2C(=O)[C@H](CNC(C)C)c1ccc(Cl)cc1. The highest BCUT2D eigenvalue weighted by molar-refractivity contribution is 6.30. The lowest BCUT2D eigenvalue weighted by Gasteiger charge is -2.38. The first kappa shape index (κ1) is 23.8. The van der Waals surface area contributed by atoms with Gasteiger partial charge in [0.25, 0.3) is 0 Å². The van der Waals surface area contributed by atoms with Gasteiger partial charge in [-0.25, -0.2) is 9.97 Å². The molecule has 2 amide bonds. The van der Waals surface area contributed by atoms with Crippen molar-refractivity contribution in [3.05, 3.63) is 58.9 Å². The van der Waals surface area contributed by atoms with Crippen molar-refractivity contribution < 1.29 is 9.59 Å². The summed E-state index contributed by atoms with van der Waals surface area (Å²) in [6.45, 7) is 12.2. The zero-order chi connectivity index (χ0) is 24.9. The van der Waals surface area contributed by atoms with Crippen LogP contribution < -0.4 is 15.5 Å². The Morgan fingerprint density at radius 3 is 2.69 bits per heavy atom. The number of nitrogens with zero attached hydrogens (tertiary/aromatic N) is 4. The van der Waals surface area contributed by atoms with Crippen LogP contribution in [0.15, 0.2) is 42.7 Å². The van der Waals surface area contributed by atoms with Crippen LogP contribution in [0.2, 0.25) is 5.02 Å². The molecule has 5 rings (SSSR count). The molecule has 2 aliphatic heterocycles. The Kier molecular flexibility index (Phi) is 6.27. The monoisotopic (exact) mass is 494 g/mol. The van der Waals surface area contributed by atoms with Crippen molar-refractivity contribution in [3.63, 3.8) is 0 Å². The van der Waals surface area contributed by atoms with E-state index in [2.05, 4.69) is 45.9 Å². The van der Waals surface area contributed by atoms with E-state index in [1.165, 1.54) is 6.33 Å². The van der Waals surface area contributed by atoms with Gasteiger partial charge in [0.2, 0.25) is 11.8 Å². The number of anilines is 2. The maximum Gasteiger partial charge on any atom is 0.232 e. The third-order valence-electron chi connectivity index (χ3n) is 7.16. The summed E-state index contributed by atoms with van der Waals surface area (Å²) in [4.78, 5) is 39.0. The number of halogens is 1. The van der Waals surface area contributed by atoms with Crippen molar-refractivity contribution >= 4 is 35.1 Å². The molecule has 1 aliphatic carbocycles. The van der Waals surface area contributed by atoms with Crippen molar-refractivity contribution in [2.75, 3.05) is 29.9 Å². The van der Waals surface area contributed by atoms with E-state index in [4.69, 9.17) is 11.6 Å². The molecule has 0 bridgehead atoms. The van der Waals surface area contributed by atoms with Gasteiger partial charge >= 0.3 is 0 Å². The second kappa shape index (κ2) is 9.24. The fraction of sp³-hybridized carbons (Fsp3) is 0.462. The topological polar surface area (TPSA) is 90.5 Å². The first-order chi connectivity index (χ1) is 16.8. The van der Waals surface area contributed by atoms with E-state index < -0.39 is 0 Å². The van der Waals surface area contributed by atoms with Crippen molar-refractivity contribution in [2.24, 2.45) is 0 Å². The fourth-order valence-electron chi connectivity index (χ4n) is 5.33. The van der Waals surface area contributed by atoms with Crippen LogP contribution in [-0.4, -0.2) is 64.4 Å². The van der Waals surface area contributed by atoms with Crippen LogP contribution in [0.1, 0.15) is 50.2 Å². The Balaban J connectivity index is 1.39. The summed E-state index contributed by atoms with van der Waals surface area (Å²) in [7, 11) is 0. The summed E-state index contributed by atoms with van der Waals surface area (Å²) < 4.78 is 0. The molecule has 4 atom stereocenters. The maximum absolute atomic E-state index is 13.9. The zero-order valence-electron chi connectivity index (χ0n) is 20.3. The second-order valence-corrected chi connectivity index (χ2v) is 10.4. The van der Waals surface area contributed by atoms with E-state index in [0.29, 0.717) is 36.9 Å². The summed E-state index contributed by atoms with van der Waals surface area (Å²) in [6, 6.07) is 7.77. The molecule has 35 heavy (non-hydrogen) atoms. The minimum Gasteiger partial charge on any atom is -0.345 e. The first-order valence-electron chi connectivity index (χ1n) is 12.2. The summed E-state index contributed by atoms with van der Waals surface area (Å²) in [5.41, 5.74) is 2.93. The molecule has 3 heterocycles. The minimum absolute atomic E-state index is 0.0143. The van der Waals surface area contributed by atoms with Gasteiger partial charge in [-0.05, 0) is 29.2 Å². The molecular weight excluding hydrogens is 464 g/mol. The fourth-order valence-corrected chi connectivity index (χ4v) is 5.46. The largest absolute Gasteiger partial charge is 0.345 e. The van der Waals surface area contributed by atoms with E-state index in [-0.39, 0.29) is 41.8 Å². The van der Waals surface area contributed by atoms with Crippen LogP contribution in [0.3, 0.4) is 0 Å². The number of carbonyl (C=O) groups is 2. The molecule has 9 heteroatoms. The lowest BCUT2D eigenvalue weighted by molar-refractivity contribution is -0.133. The quantitative estimate of drug-likeness (QED) is 0.599. The van der Waals surface area contributed by atoms with Gasteiger partial charge in [-0.1, -0.05) is 51.1 Å². The molecule has 2 fully saturated rings. The Bertz CT molecular complexity index is 1170. The highest BCUT2D eigenvalue weighted by atomic mass is 35.5. The maximum atomic E-state index is 13.9. The van der Waals surface area contributed by atoms with Crippen molar-refractivity contribution in [2.45, 2.75) is 57.2 Å². The van der Waals surface area contributed by atoms with Crippen LogP contribution in [0.4, 0.5) is 11.6 Å². The second-order valence-electron chi connectivity index (χ2n) is 9.97. The number of rotatable bonds is 6. The average molecular weight is 495 g/mol. The number of nitrogens with one attached hydrogen (secondary N) is 2. The Morgan fingerprint density at radius 2 is 1.97 bits per heavy atom. The highest BCUT2D eigenvalue weighted by Crippen LogP contribution is 2.47. The molecule has 0 radical (unpaired) electrons. The molecule has 0 spiro atoms. The van der Waals surface area contributed by atoms with E-state index in [1.807, 2.05) is 36.1 Å². The Morgan fingerprint density at radius 1 is 1.23 bits per heavy atom. The number of benzene rings is 1. The van der Waals surface area contributed by atoms with Crippen LogP contribution in [0, 0.1) is 0 Å². The normalized spacial score (nSPS) is 24.1. The van der Waals surface area contributed by atoms with Gasteiger partial charge in [-0.15, -0.1) is 0 Å². The van der Waals surface area contributed by atoms with E-state index >= 15 is 0 Å². The van der Waals surface area contributed by atoms with Gasteiger partial charge in [-0.3, -0.25) is 9.59 Å². The van der Waals surface area contributed by atoms with Gasteiger partial charge in [0.15, 0.2) is 0 Å². The highest BCUT2D eigenvalue weighted by Gasteiger charge is 2.56. The predicted octanol–water partition coefficient (Wildman–Crippen LogP) is 3.31. The lowest BCUT2D eigenvalue weighted by Crippen LogP contribution is -2.51. The lowest BCUT2D eigenvalue weighted by atomic mass is 9.94. The number of carbonyl (C=O) groups excluding carboxylic acids is 2. The van der Waals surface area contributed by atoms with Crippen LogP contribution in [0.25, 0.3) is 0 Å². The van der Waals surface area contributed by atoms with E-state index in [0.717, 1.165) is 22.5 Å². The molecule has 1 aromatic heterocycles. The third kappa shape index (κ3) is 4.41. The van der Waals surface area contributed by atoms with Crippen LogP contribution in [0.5, 0.6) is 0 Å². The van der Waals surface area contributed by atoms with Gasteiger partial charge in [0, 0.05) is 42.7 Å². The number of aromatic nitrogens is 2. The summed E-state index contributed by atoms with van der Waals surface area (Å²) in [5.74, 6) is 1.21. The number of fused-ring (bicyclic) bond motifs is 2. The van der Waals surface area contributed by atoms with E-state index in [9.17, 15) is 9.59 Å². The molecular formula is C26H31ClN6O2. The van der Waals surface area contributed by atoms with E-state index in [1.54, 1.807) is 0 Å². The van der Waals surface area contributed by atoms with Crippen LogP contribution in [-0.2, 0) is 9.59 Å². The van der Waals surface area contributed by atoms with Gasteiger partial charge in [0.05, 0.1) is 18.0 Å². The minimum atomic E-state index is -0.308. The molecule has 3 aliphatic rings. The summed E-state index contributed by atoms with van der Waals surface area (Å²) in [5, 5.41) is 6.96. The molecule has 0 unspecified atom stereocenters. The average Bonchev–Trinajstić information content (AvgIpc) is 3.50. The van der Waals surface area contributed by atoms with Crippen molar-refractivity contribution in [3.8, 4) is 0 Å². The van der Waals surface area contributed by atoms with Crippen molar-refractivity contribution in [1.82, 2.24) is 20.2 Å². The van der Waals surface area contributed by atoms with Gasteiger partial charge < -0.3 is 20.4 Å². The summed E-state index contributed by atoms with van der Waals surface area (Å²) in [6.07, 6.45) is 1.91. The zero-order valence-corrected chi connectivity index (χ0v) is 21.0. The molecule has 1 aromatic carbocycles. The molecule has 184 valence electrons. The summed E-state index contributed by atoms with van der Waals surface area (Å²) >= 11 is 6.10. The van der Waals surface area contributed by atoms with Crippen molar-refractivity contribution in [1.29, 1.82) is 0 Å². The molecule has 1 saturated carbocycles. The third-order valence-corrected chi connectivity index (χ3v) is 7.42. The predicted molar refractivity (Wildman–Crippen MR) is 137 cm³/mol. The number of amides is 2. The molecule has 2 aromatic rings. The number of hydrogen-bond acceptors (Lipinski definition) is 6. The first-order valence-corrected chi connectivity index (χ1v) is 12.5. The number of piperazine rings is 1. The van der Waals surface area contributed by atoms with Crippen LogP contribution >= 0.6 is 11.6 Å². The van der Waals surface area contributed by atoms with Gasteiger partial charge in [0.1, 0.15) is 18.0 Å². The standard InChI is InChI=1S/C26H31ClN6O2/c1-14(2)28-12-19(17-5-7-18(27)8-6-17)26(35)33-10-9-32(22-16(4)23(22)33)25-21-15(3)11-20(34)31-24(21)29-13-30-25/h5-8,13-15,19,22-23,28H,4,9-12H2,1-3H3,(H,29,30,31,34)/t15-,19-,22+,23-/m1/s1. The molecule has 1 saturated heterocycles. The number of hydrogen-bond donors (Lipinski definition) is 2. The Labute approximate surface area is 210 Å². The molecule has 8 nitrogen and oxygen atoms in total. The smallest absolute Gasteiger partial charge is 0.232 e.